The Morgan fingerprint density at radius 1 is 1.08 bits per heavy atom. The molecule has 1 aromatic carbocycles. The molecule has 0 spiro atoms. The number of aliphatic hydroxyl groups excluding tert-OH is 2. The van der Waals surface area contributed by atoms with Gasteiger partial charge < -0.3 is 20.8 Å². The molecule has 6 nitrogen and oxygen atoms in total. The Labute approximate surface area is 142 Å². The molecule has 0 saturated carbocycles. The summed E-state index contributed by atoms with van der Waals surface area (Å²) in [6.45, 7) is 1.33. The first-order valence-electron chi connectivity index (χ1n) is 7.58. The maximum atomic E-state index is 11.8. The second kappa shape index (κ2) is 8.13. The van der Waals surface area contributed by atoms with Crippen molar-refractivity contribution in [1.29, 1.82) is 0 Å². The maximum Gasteiger partial charge on any atom is 0.434 e. The third-order valence-corrected chi connectivity index (χ3v) is 3.61. The lowest BCUT2D eigenvalue weighted by molar-refractivity contribution is -0.141. The van der Waals surface area contributed by atoms with Crippen molar-refractivity contribution in [3.8, 4) is 0 Å². The van der Waals surface area contributed by atoms with Gasteiger partial charge in [0.15, 0.2) is 5.69 Å². The molecule has 0 radical (unpaired) electrons. The van der Waals surface area contributed by atoms with E-state index in [9.17, 15) is 23.4 Å². The maximum absolute atomic E-state index is 11.8. The van der Waals surface area contributed by atoms with Crippen molar-refractivity contribution >= 4 is 11.5 Å². The lowest BCUT2D eigenvalue weighted by Gasteiger charge is -2.34. The van der Waals surface area contributed by atoms with E-state index in [0.29, 0.717) is 19.2 Å². The molecule has 2 atom stereocenters. The molecule has 1 aromatic heterocycles. The number of rotatable bonds is 1. The van der Waals surface area contributed by atoms with E-state index in [-0.39, 0.29) is 5.82 Å². The Morgan fingerprint density at radius 3 is 2.28 bits per heavy atom. The summed E-state index contributed by atoms with van der Waals surface area (Å²) in [5.41, 5.74) is 5.02. The minimum Gasteiger partial charge on any atom is -0.390 e. The Hall–Kier alpha value is -2.39. The molecule has 0 aliphatic carbocycles. The number of anilines is 2. The fourth-order valence-corrected chi connectivity index (χ4v) is 2.31. The molecule has 9 heteroatoms. The van der Waals surface area contributed by atoms with Gasteiger partial charge in [-0.25, -0.2) is 4.98 Å². The lowest BCUT2D eigenvalue weighted by atomic mass is 10.0. The standard InChI is InChI=1S/C11H15NO2.C5H4F3N3/c13-10-6-7-12(8-11(10)14)9-4-2-1-3-5-9;6-5(7,8)3-1-10-2-4(9)11-3/h1-5,10-11,13-14H,6-8H2;1-2H,(H2,9,11). The van der Waals surface area contributed by atoms with Crippen molar-refractivity contribution in [2.75, 3.05) is 23.7 Å². The van der Waals surface area contributed by atoms with Crippen LogP contribution in [-0.2, 0) is 6.18 Å². The van der Waals surface area contributed by atoms with Gasteiger partial charge >= 0.3 is 6.18 Å². The van der Waals surface area contributed by atoms with Crippen molar-refractivity contribution < 1.29 is 23.4 Å². The van der Waals surface area contributed by atoms with Gasteiger partial charge in [0.2, 0.25) is 0 Å². The fourth-order valence-electron chi connectivity index (χ4n) is 2.31. The van der Waals surface area contributed by atoms with Crippen molar-refractivity contribution in [2.45, 2.75) is 24.8 Å². The normalized spacial score (nSPS) is 20.6. The number of β-amino-alcohol motifs (C(OH)–C–C–N with tert-alkyl or cyclic N) is 1. The number of nitrogens with zero attached hydrogens (tertiary/aromatic N) is 3. The van der Waals surface area contributed by atoms with Crippen molar-refractivity contribution in [2.24, 2.45) is 0 Å². The van der Waals surface area contributed by atoms with Crippen LogP contribution in [0.3, 0.4) is 0 Å². The highest BCUT2D eigenvalue weighted by Gasteiger charge is 2.32. The molecule has 2 unspecified atom stereocenters. The molecule has 3 rings (SSSR count). The summed E-state index contributed by atoms with van der Waals surface area (Å²) in [5.74, 6) is -0.236. The molecule has 136 valence electrons. The zero-order valence-corrected chi connectivity index (χ0v) is 13.3. The lowest BCUT2D eigenvalue weighted by Crippen LogP contribution is -2.46. The third-order valence-electron chi connectivity index (χ3n) is 3.61. The number of nitrogens with two attached hydrogens (primary N) is 1. The molecular formula is C16H19F3N4O2. The van der Waals surface area contributed by atoms with Crippen molar-refractivity contribution in [3.63, 3.8) is 0 Å². The van der Waals surface area contributed by atoms with Gasteiger partial charge in [-0.05, 0) is 18.6 Å². The Bertz CT molecular complexity index is 670. The van der Waals surface area contributed by atoms with E-state index in [4.69, 9.17) is 5.73 Å². The number of nitrogen functional groups attached to an aromatic ring is 1. The van der Waals surface area contributed by atoms with Crippen LogP contribution in [0.25, 0.3) is 0 Å². The average Bonchev–Trinajstić information content (AvgIpc) is 2.58. The highest BCUT2D eigenvalue weighted by Crippen LogP contribution is 2.26. The summed E-state index contributed by atoms with van der Waals surface area (Å²) >= 11 is 0. The third kappa shape index (κ3) is 5.57. The van der Waals surface area contributed by atoms with Gasteiger partial charge in [-0.1, -0.05) is 18.2 Å². The highest BCUT2D eigenvalue weighted by atomic mass is 19.4. The number of hydrogen-bond donors (Lipinski definition) is 3. The van der Waals surface area contributed by atoms with Crippen LogP contribution < -0.4 is 10.6 Å². The average molecular weight is 356 g/mol. The van der Waals surface area contributed by atoms with Crippen molar-refractivity contribution in [3.05, 3.63) is 48.4 Å². The van der Waals surface area contributed by atoms with Crippen LogP contribution in [0, 0.1) is 0 Å². The minimum absolute atomic E-state index is 0.236. The molecule has 1 saturated heterocycles. The van der Waals surface area contributed by atoms with E-state index in [2.05, 4.69) is 14.9 Å². The quantitative estimate of drug-likeness (QED) is 0.720. The van der Waals surface area contributed by atoms with E-state index in [1.54, 1.807) is 0 Å². The van der Waals surface area contributed by atoms with Gasteiger partial charge in [-0.3, -0.25) is 4.98 Å². The van der Waals surface area contributed by atoms with Gasteiger partial charge in [-0.15, -0.1) is 0 Å². The smallest absolute Gasteiger partial charge is 0.390 e. The molecule has 1 aliphatic rings. The summed E-state index contributed by atoms with van der Waals surface area (Å²) in [6.07, 6.45) is -3.34. The molecule has 1 fully saturated rings. The number of alkyl halides is 3. The summed E-state index contributed by atoms with van der Waals surface area (Å²) in [5, 5.41) is 18.9. The largest absolute Gasteiger partial charge is 0.434 e. The van der Waals surface area contributed by atoms with Gasteiger partial charge in [0, 0.05) is 18.8 Å². The highest BCUT2D eigenvalue weighted by molar-refractivity contribution is 5.46. The number of aromatic nitrogens is 2. The first kappa shape index (κ1) is 18.9. The van der Waals surface area contributed by atoms with Crippen LogP contribution in [0.4, 0.5) is 24.7 Å². The van der Waals surface area contributed by atoms with E-state index >= 15 is 0 Å². The summed E-state index contributed by atoms with van der Waals surface area (Å²) < 4.78 is 35.4. The van der Waals surface area contributed by atoms with Crippen LogP contribution in [0.1, 0.15) is 12.1 Å². The van der Waals surface area contributed by atoms with Crippen LogP contribution in [0.5, 0.6) is 0 Å². The van der Waals surface area contributed by atoms with Crippen LogP contribution in [0.2, 0.25) is 0 Å². The predicted molar refractivity (Wildman–Crippen MR) is 86.7 cm³/mol. The predicted octanol–water partition coefficient (Wildman–Crippen LogP) is 1.70. The van der Waals surface area contributed by atoms with Crippen LogP contribution in [0.15, 0.2) is 42.7 Å². The fraction of sp³-hybridized carbons (Fsp3) is 0.375. The molecule has 2 aromatic rings. The number of halogens is 3. The molecule has 25 heavy (non-hydrogen) atoms. The Kier molecular flexibility index (Phi) is 6.16. The molecule has 2 heterocycles. The van der Waals surface area contributed by atoms with Crippen molar-refractivity contribution in [1.82, 2.24) is 9.97 Å². The molecule has 0 bridgehead atoms. The number of para-hydroxylation sites is 1. The monoisotopic (exact) mass is 356 g/mol. The minimum atomic E-state index is -4.47. The molecule has 0 amide bonds. The van der Waals surface area contributed by atoms with E-state index in [1.165, 1.54) is 0 Å². The summed E-state index contributed by atoms with van der Waals surface area (Å²) in [4.78, 5) is 8.37. The SMILES string of the molecule is Nc1cncc(C(F)(F)F)n1.OC1CCN(c2ccccc2)CC1O. The number of hydrogen-bond acceptors (Lipinski definition) is 6. The summed E-state index contributed by atoms with van der Waals surface area (Å²) in [7, 11) is 0. The number of benzene rings is 1. The van der Waals surface area contributed by atoms with E-state index < -0.39 is 24.1 Å². The van der Waals surface area contributed by atoms with E-state index in [1.807, 2.05) is 30.3 Å². The molecule has 1 aliphatic heterocycles. The zero-order valence-electron chi connectivity index (χ0n) is 13.3. The Balaban J connectivity index is 0.000000186. The number of piperidine rings is 1. The van der Waals surface area contributed by atoms with Crippen LogP contribution in [-0.4, -0.2) is 45.5 Å². The second-order valence-corrected chi connectivity index (χ2v) is 5.53. The topological polar surface area (TPSA) is 95.5 Å². The summed E-state index contributed by atoms with van der Waals surface area (Å²) in [6, 6.07) is 9.97. The zero-order chi connectivity index (χ0) is 18.4. The van der Waals surface area contributed by atoms with Gasteiger partial charge in [0.1, 0.15) is 5.82 Å². The second-order valence-electron chi connectivity index (χ2n) is 5.53. The van der Waals surface area contributed by atoms with Gasteiger partial charge in [0.25, 0.3) is 0 Å². The van der Waals surface area contributed by atoms with Gasteiger partial charge in [0.05, 0.1) is 24.6 Å². The first-order valence-corrected chi connectivity index (χ1v) is 7.58. The number of aliphatic hydroxyl groups is 2. The van der Waals surface area contributed by atoms with Gasteiger partial charge in [-0.2, -0.15) is 13.2 Å². The van der Waals surface area contributed by atoms with Crippen LogP contribution >= 0.6 is 0 Å². The molecule has 4 N–H and O–H groups in total. The van der Waals surface area contributed by atoms with E-state index in [0.717, 1.165) is 18.4 Å². The molecular weight excluding hydrogens is 337 g/mol. The Morgan fingerprint density at radius 2 is 1.76 bits per heavy atom. The first-order chi connectivity index (χ1) is 11.8.